The second kappa shape index (κ2) is 14.6. The molecule has 0 saturated carbocycles. The summed E-state index contributed by atoms with van der Waals surface area (Å²) in [7, 11) is 0. The van der Waals surface area contributed by atoms with E-state index in [0.717, 1.165) is 32.6 Å². The number of aromatic nitrogens is 3. The van der Waals surface area contributed by atoms with Gasteiger partial charge in [-0.25, -0.2) is 9.37 Å². The van der Waals surface area contributed by atoms with Crippen molar-refractivity contribution in [3.05, 3.63) is 53.4 Å². The van der Waals surface area contributed by atoms with Crippen LogP contribution in [0.3, 0.4) is 0 Å². The Labute approximate surface area is 264 Å². The van der Waals surface area contributed by atoms with Crippen LogP contribution in [0.5, 0.6) is 0 Å². The first kappa shape index (κ1) is 32.0. The zero-order valence-electron chi connectivity index (χ0n) is 24.4. The molecule has 1 atom stereocenters. The van der Waals surface area contributed by atoms with Gasteiger partial charge in [-0.2, -0.15) is 0 Å². The van der Waals surface area contributed by atoms with E-state index in [1.165, 1.54) is 30.0 Å². The average Bonchev–Trinajstić information content (AvgIpc) is 3.34. The maximum atomic E-state index is 14.5. The van der Waals surface area contributed by atoms with E-state index in [2.05, 4.69) is 35.6 Å². The first-order valence-corrected chi connectivity index (χ1v) is 15.8. The number of thioether (sulfide) groups is 1. The van der Waals surface area contributed by atoms with E-state index in [9.17, 15) is 19.1 Å². The SMILES string of the molecule is CC1(CN2CCN(CCC(=O)Nc3cc(Nc4cc(-c5cc(Cl)ccc5F)nnc4SCCO)ccn3)CC2)CCOC1=O. The number of ether oxygens (including phenoxy) is 1. The third-order valence-electron chi connectivity index (χ3n) is 7.67. The number of aliphatic hydroxyl groups is 1. The predicted octanol–water partition coefficient (Wildman–Crippen LogP) is 4.06. The number of halogens is 2. The van der Waals surface area contributed by atoms with Crippen molar-refractivity contribution in [2.24, 2.45) is 5.41 Å². The van der Waals surface area contributed by atoms with Crippen molar-refractivity contribution in [1.29, 1.82) is 0 Å². The molecule has 2 aromatic heterocycles. The second-order valence-electron chi connectivity index (χ2n) is 11.1. The van der Waals surface area contributed by atoms with Gasteiger partial charge in [0.25, 0.3) is 0 Å². The van der Waals surface area contributed by atoms with Gasteiger partial charge in [-0.05, 0) is 43.7 Å². The summed E-state index contributed by atoms with van der Waals surface area (Å²) >= 11 is 7.38. The highest BCUT2D eigenvalue weighted by Crippen LogP contribution is 2.33. The van der Waals surface area contributed by atoms with Crippen LogP contribution in [0.1, 0.15) is 19.8 Å². The topological polar surface area (TPSA) is 133 Å². The molecule has 44 heavy (non-hydrogen) atoms. The van der Waals surface area contributed by atoms with Crippen molar-refractivity contribution in [2.45, 2.75) is 24.8 Å². The monoisotopic (exact) mass is 643 g/mol. The minimum atomic E-state index is -0.480. The number of anilines is 3. The van der Waals surface area contributed by atoms with Gasteiger partial charge in [-0.3, -0.25) is 14.5 Å². The summed E-state index contributed by atoms with van der Waals surface area (Å²) in [6, 6.07) is 9.32. The Morgan fingerprint density at radius 3 is 2.70 bits per heavy atom. The molecule has 3 aromatic rings. The lowest BCUT2D eigenvalue weighted by molar-refractivity contribution is -0.146. The average molecular weight is 644 g/mol. The van der Waals surface area contributed by atoms with Crippen molar-refractivity contribution in [1.82, 2.24) is 25.0 Å². The Balaban J connectivity index is 1.17. The molecular formula is C30H35ClFN7O4S. The van der Waals surface area contributed by atoms with Crippen LogP contribution in [0, 0.1) is 11.2 Å². The highest BCUT2D eigenvalue weighted by Gasteiger charge is 2.41. The number of amides is 1. The van der Waals surface area contributed by atoms with Gasteiger partial charge in [0.1, 0.15) is 16.7 Å². The van der Waals surface area contributed by atoms with Gasteiger partial charge in [-0.15, -0.1) is 22.0 Å². The number of hydrogen-bond donors (Lipinski definition) is 3. The summed E-state index contributed by atoms with van der Waals surface area (Å²) in [6.45, 7) is 7.08. The van der Waals surface area contributed by atoms with E-state index in [-0.39, 0.29) is 24.0 Å². The summed E-state index contributed by atoms with van der Waals surface area (Å²) < 4.78 is 19.7. The molecule has 2 aliphatic heterocycles. The van der Waals surface area contributed by atoms with Crippen LogP contribution in [0.15, 0.2) is 47.6 Å². The van der Waals surface area contributed by atoms with Gasteiger partial charge in [0, 0.05) is 80.0 Å². The molecule has 1 amide bonds. The zero-order chi connectivity index (χ0) is 31.1. The van der Waals surface area contributed by atoms with Crippen molar-refractivity contribution < 1.29 is 23.8 Å². The Morgan fingerprint density at radius 2 is 1.95 bits per heavy atom. The van der Waals surface area contributed by atoms with Crippen molar-refractivity contribution in [2.75, 3.05) is 68.9 Å². The molecule has 1 unspecified atom stereocenters. The molecule has 0 bridgehead atoms. The molecule has 0 aliphatic carbocycles. The van der Waals surface area contributed by atoms with E-state index in [1.54, 1.807) is 24.4 Å². The predicted molar refractivity (Wildman–Crippen MR) is 168 cm³/mol. The summed E-state index contributed by atoms with van der Waals surface area (Å²) in [5.41, 5.74) is 1.25. The number of aliphatic hydroxyl groups excluding tert-OH is 1. The van der Waals surface area contributed by atoms with Gasteiger partial charge in [0.2, 0.25) is 5.91 Å². The van der Waals surface area contributed by atoms with Gasteiger partial charge in [-0.1, -0.05) is 11.6 Å². The fraction of sp³-hybridized carbons (Fsp3) is 0.433. The van der Waals surface area contributed by atoms with Gasteiger partial charge < -0.3 is 25.4 Å². The van der Waals surface area contributed by atoms with E-state index in [4.69, 9.17) is 16.3 Å². The number of carbonyl (C=O) groups excluding carboxylic acids is 2. The molecule has 2 fully saturated rings. The molecular weight excluding hydrogens is 609 g/mol. The van der Waals surface area contributed by atoms with E-state index >= 15 is 0 Å². The summed E-state index contributed by atoms with van der Waals surface area (Å²) in [4.78, 5) is 33.7. The highest BCUT2D eigenvalue weighted by molar-refractivity contribution is 7.99. The Bertz CT molecular complexity index is 1490. The van der Waals surface area contributed by atoms with Crippen molar-refractivity contribution in [3.8, 4) is 11.3 Å². The van der Waals surface area contributed by atoms with Crippen molar-refractivity contribution in [3.63, 3.8) is 0 Å². The maximum Gasteiger partial charge on any atom is 0.313 e. The smallest absolute Gasteiger partial charge is 0.313 e. The number of nitrogens with zero attached hydrogens (tertiary/aromatic N) is 5. The molecule has 3 N–H and O–H groups in total. The van der Waals surface area contributed by atoms with Crippen LogP contribution in [0.4, 0.5) is 21.6 Å². The molecule has 234 valence electrons. The molecule has 0 radical (unpaired) electrons. The van der Waals surface area contributed by atoms with Crippen LogP contribution in [-0.4, -0.2) is 100 Å². The molecule has 4 heterocycles. The summed E-state index contributed by atoms with van der Waals surface area (Å²) in [6.07, 6.45) is 2.64. The lowest BCUT2D eigenvalue weighted by Gasteiger charge is -2.37. The van der Waals surface area contributed by atoms with Crippen LogP contribution < -0.4 is 10.6 Å². The fourth-order valence-electron chi connectivity index (χ4n) is 5.19. The summed E-state index contributed by atoms with van der Waals surface area (Å²) in [5.74, 6) is 0.0393. The number of carbonyl (C=O) groups is 2. The molecule has 2 saturated heterocycles. The summed E-state index contributed by atoms with van der Waals surface area (Å²) in [5, 5.41) is 24.8. The minimum absolute atomic E-state index is 0.0482. The Kier molecular flexibility index (Phi) is 10.6. The molecule has 11 nitrogen and oxygen atoms in total. The number of nitrogens with one attached hydrogen (secondary N) is 2. The molecule has 5 rings (SSSR count). The number of benzene rings is 1. The number of rotatable bonds is 12. The molecule has 14 heteroatoms. The lowest BCUT2D eigenvalue weighted by Crippen LogP contribution is -2.50. The molecule has 0 spiro atoms. The van der Waals surface area contributed by atoms with Crippen LogP contribution in [0.2, 0.25) is 5.02 Å². The van der Waals surface area contributed by atoms with Gasteiger partial charge in [0.15, 0.2) is 0 Å². The Morgan fingerprint density at radius 1 is 1.16 bits per heavy atom. The quantitative estimate of drug-likeness (QED) is 0.195. The normalized spacial score (nSPS) is 19.1. The van der Waals surface area contributed by atoms with E-state index in [1.807, 2.05) is 6.92 Å². The number of hydrogen-bond acceptors (Lipinski definition) is 11. The fourth-order valence-corrected chi connectivity index (χ4v) is 6.02. The number of cyclic esters (lactones) is 1. The molecule has 1 aromatic carbocycles. The largest absolute Gasteiger partial charge is 0.465 e. The van der Waals surface area contributed by atoms with Gasteiger partial charge in [0.05, 0.1) is 30.0 Å². The number of piperazine rings is 1. The maximum absolute atomic E-state index is 14.5. The van der Waals surface area contributed by atoms with Crippen LogP contribution in [0.25, 0.3) is 11.3 Å². The number of esters is 1. The highest BCUT2D eigenvalue weighted by atomic mass is 35.5. The first-order valence-electron chi connectivity index (χ1n) is 14.4. The number of pyridine rings is 1. The molecule has 2 aliphatic rings. The minimum Gasteiger partial charge on any atom is -0.465 e. The third kappa shape index (κ3) is 8.21. The first-order chi connectivity index (χ1) is 21.2. The van der Waals surface area contributed by atoms with Crippen molar-refractivity contribution >= 4 is 52.4 Å². The lowest BCUT2D eigenvalue weighted by atomic mass is 9.88. The Hall–Kier alpha value is -3.36. The van der Waals surface area contributed by atoms with E-state index in [0.29, 0.717) is 64.8 Å². The van der Waals surface area contributed by atoms with Crippen LogP contribution >= 0.6 is 23.4 Å². The second-order valence-corrected chi connectivity index (χ2v) is 12.6. The van der Waals surface area contributed by atoms with Gasteiger partial charge >= 0.3 is 5.97 Å². The zero-order valence-corrected chi connectivity index (χ0v) is 26.0. The van der Waals surface area contributed by atoms with E-state index < -0.39 is 11.2 Å². The standard InChI is InChI=1S/C30H35ClFN7O4S/c1-30(6-14-43-29(30)42)19-39-11-9-38(10-12-39)8-5-27(41)35-26-17-21(4-7-33-26)34-25-18-24(36-37-28(25)44-15-13-40)22-16-20(31)2-3-23(22)32/h2-4,7,16-18,40H,5-6,8-15,19H2,1H3,(H2,33,34,35,36,41). The van der Waals surface area contributed by atoms with Crippen LogP contribution in [-0.2, 0) is 14.3 Å². The third-order valence-corrected chi connectivity index (χ3v) is 8.87.